The summed E-state index contributed by atoms with van der Waals surface area (Å²) in [6.45, 7) is 4.24. The standard InChI is InChI=1S/C12H16OS/c1-12(2,8-9-13)10-14-11-6-4-3-5-7-11/h3-7,9H,8,10H2,1-2H3. The van der Waals surface area contributed by atoms with E-state index in [9.17, 15) is 4.79 Å². The first-order chi connectivity index (χ1) is 6.64. The molecule has 0 atom stereocenters. The van der Waals surface area contributed by atoms with E-state index in [0.717, 1.165) is 12.0 Å². The quantitative estimate of drug-likeness (QED) is 0.545. The molecule has 0 unspecified atom stereocenters. The molecular weight excluding hydrogens is 192 g/mol. The van der Waals surface area contributed by atoms with Gasteiger partial charge < -0.3 is 4.79 Å². The van der Waals surface area contributed by atoms with Crippen molar-refractivity contribution in [1.82, 2.24) is 0 Å². The molecule has 0 N–H and O–H groups in total. The Hall–Kier alpha value is -0.760. The van der Waals surface area contributed by atoms with Crippen LogP contribution in [0.5, 0.6) is 0 Å². The predicted molar refractivity (Wildman–Crippen MR) is 61.6 cm³/mol. The molecular formula is C12H16OS. The zero-order valence-corrected chi connectivity index (χ0v) is 9.51. The Morgan fingerprint density at radius 1 is 1.29 bits per heavy atom. The van der Waals surface area contributed by atoms with E-state index in [2.05, 4.69) is 26.0 Å². The van der Waals surface area contributed by atoms with Crippen LogP contribution in [0, 0.1) is 5.41 Å². The molecule has 2 heteroatoms. The summed E-state index contributed by atoms with van der Waals surface area (Å²) in [4.78, 5) is 11.7. The van der Waals surface area contributed by atoms with Crippen molar-refractivity contribution in [3.63, 3.8) is 0 Å². The Balaban J connectivity index is 2.44. The van der Waals surface area contributed by atoms with Crippen LogP contribution < -0.4 is 0 Å². The van der Waals surface area contributed by atoms with Gasteiger partial charge in [0.25, 0.3) is 0 Å². The zero-order chi connectivity index (χ0) is 10.4. The van der Waals surface area contributed by atoms with Gasteiger partial charge in [0.1, 0.15) is 6.29 Å². The molecule has 1 aromatic carbocycles. The van der Waals surface area contributed by atoms with Gasteiger partial charge in [0.05, 0.1) is 0 Å². The van der Waals surface area contributed by atoms with Crippen molar-refractivity contribution in [2.75, 3.05) is 5.75 Å². The average molecular weight is 208 g/mol. The summed E-state index contributed by atoms with van der Waals surface area (Å²) in [5.74, 6) is 0.982. The minimum Gasteiger partial charge on any atom is -0.303 e. The molecule has 1 aromatic rings. The van der Waals surface area contributed by atoms with E-state index >= 15 is 0 Å². The number of carbonyl (C=O) groups excluding carboxylic acids is 1. The lowest BCUT2D eigenvalue weighted by Crippen LogP contribution is -2.14. The first kappa shape index (κ1) is 11.3. The summed E-state index contributed by atoms with van der Waals surface area (Å²) in [6, 6.07) is 10.3. The van der Waals surface area contributed by atoms with Crippen molar-refractivity contribution in [1.29, 1.82) is 0 Å². The summed E-state index contributed by atoms with van der Waals surface area (Å²) in [5, 5.41) is 0. The highest BCUT2D eigenvalue weighted by molar-refractivity contribution is 7.99. The van der Waals surface area contributed by atoms with E-state index in [0.29, 0.717) is 6.42 Å². The van der Waals surface area contributed by atoms with Crippen molar-refractivity contribution in [3.05, 3.63) is 30.3 Å². The Bertz CT molecular complexity index is 280. The first-order valence-corrected chi connectivity index (χ1v) is 5.74. The molecule has 76 valence electrons. The molecule has 0 aliphatic heterocycles. The molecule has 0 spiro atoms. The molecule has 0 amide bonds. The second-order valence-corrected chi connectivity index (χ2v) is 5.19. The van der Waals surface area contributed by atoms with Gasteiger partial charge in [0, 0.05) is 17.1 Å². The van der Waals surface area contributed by atoms with Crippen molar-refractivity contribution in [2.45, 2.75) is 25.2 Å². The number of hydrogen-bond donors (Lipinski definition) is 0. The maximum atomic E-state index is 10.4. The van der Waals surface area contributed by atoms with E-state index in [1.165, 1.54) is 4.90 Å². The van der Waals surface area contributed by atoms with Gasteiger partial charge in [-0.2, -0.15) is 0 Å². The lowest BCUT2D eigenvalue weighted by atomic mass is 9.93. The molecule has 1 nitrogen and oxygen atoms in total. The van der Waals surface area contributed by atoms with E-state index in [1.807, 2.05) is 30.0 Å². The molecule has 0 aliphatic rings. The monoisotopic (exact) mass is 208 g/mol. The summed E-state index contributed by atoms with van der Waals surface area (Å²) < 4.78 is 0. The number of aldehydes is 1. The second kappa shape index (κ2) is 5.20. The molecule has 0 heterocycles. The third kappa shape index (κ3) is 3.97. The molecule has 0 saturated heterocycles. The summed E-state index contributed by atoms with van der Waals surface area (Å²) in [7, 11) is 0. The molecule has 0 saturated carbocycles. The van der Waals surface area contributed by atoms with Crippen LogP contribution >= 0.6 is 11.8 Å². The zero-order valence-electron chi connectivity index (χ0n) is 8.69. The van der Waals surface area contributed by atoms with Gasteiger partial charge in [0.2, 0.25) is 0 Å². The highest BCUT2D eigenvalue weighted by Gasteiger charge is 2.17. The van der Waals surface area contributed by atoms with E-state index < -0.39 is 0 Å². The SMILES string of the molecule is CC(C)(CC=O)CSc1ccccc1. The smallest absolute Gasteiger partial charge is 0.120 e. The van der Waals surface area contributed by atoms with Crippen LogP contribution in [0.3, 0.4) is 0 Å². The van der Waals surface area contributed by atoms with Crippen LogP contribution in [0.4, 0.5) is 0 Å². The lowest BCUT2D eigenvalue weighted by molar-refractivity contribution is -0.109. The van der Waals surface area contributed by atoms with E-state index in [4.69, 9.17) is 0 Å². The third-order valence-corrected chi connectivity index (χ3v) is 3.54. The largest absolute Gasteiger partial charge is 0.303 e. The fourth-order valence-corrected chi connectivity index (χ4v) is 2.10. The molecule has 0 radical (unpaired) electrons. The summed E-state index contributed by atoms with van der Waals surface area (Å²) in [6.07, 6.45) is 1.64. The van der Waals surface area contributed by atoms with Gasteiger partial charge in [-0.15, -0.1) is 11.8 Å². The minimum atomic E-state index is 0.0995. The maximum absolute atomic E-state index is 10.4. The summed E-state index contributed by atoms with van der Waals surface area (Å²) in [5.41, 5.74) is 0.0995. The van der Waals surface area contributed by atoms with Crippen molar-refractivity contribution >= 4 is 18.0 Å². The van der Waals surface area contributed by atoms with Crippen LogP contribution in [-0.4, -0.2) is 12.0 Å². The fraction of sp³-hybridized carbons (Fsp3) is 0.417. The van der Waals surface area contributed by atoms with Gasteiger partial charge in [-0.05, 0) is 17.5 Å². The Morgan fingerprint density at radius 2 is 1.93 bits per heavy atom. The third-order valence-electron chi connectivity index (χ3n) is 2.01. The molecule has 14 heavy (non-hydrogen) atoms. The highest BCUT2D eigenvalue weighted by atomic mass is 32.2. The Labute approximate surface area is 89.9 Å². The minimum absolute atomic E-state index is 0.0995. The number of rotatable bonds is 5. The van der Waals surface area contributed by atoms with Gasteiger partial charge in [-0.3, -0.25) is 0 Å². The van der Waals surface area contributed by atoms with Crippen LogP contribution in [0.15, 0.2) is 35.2 Å². The van der Waals surface area contributed by atoms with Gasteiger partial charge in [0.15, 0.2) is 0 Å². The number of hydrogen-bond acceptors (Lipinski definition) is 2. The van der Waals surface area contributed by atoms with Gasteiger partial charge >= 0.3 is 0 Å². The van der Waals surface area contributed by atoms with Gasteiger partial charge in [-0.25, -0.2) is 0 Å². The fourth-order valence-electron chi connectivity index (χ4n) is 1.08. The first-order valence-electron chi connectivity index (χ1n) is 4.75. The topological polar surface area (TPSA) is 17.1 Å². The van der Waals surface area contributed by atoms with Crippen LogP contribution in [0.1, 0.15) is 20.3 Å². The Kier molecular flexibility index (Phi) is 4.21. The number of benzene rings is 1. The van der Waals surface area contributed by atoms with Crippen LogP contribution in [0.25, 0.3) is 0 Å². The van der Waals surface area contributed by atoms with Crippen molar-refractivity contribution in [2.24, 2.45) is 5.41 Å². The van der Waals surface area contributed by atoms with Crippen molar-refractivity contribution < 1.29 is 4.79 Å². The highest BCUT2D eigenvalue weighted by Crippen LogP contribution is 2.29. The number of thioether (sulfide) groups is 1. The molecule has 1 rings (SSSR count). The number of carbonyl (C=O) groups is 1. The average Bonchev–Trinajstić information content (AvgIpc) is 2.17. The summed E-state index contributed by atoms with van der Waals surface area (Å²) >= 11 is 1.81. The second-order valence-electron chi connectivity index (χ2n) is 4.14. The molecule has 0 aliphatic carbocycles. The van der Waals surface area contributed by atoms with Gasteiger partial charge in [-0.1, -0.05) is 32.0 Å². The molecule has 0 fully saturated rings. The predicted octanol–water partition coefficient (Wildman–Crippen LogP) is 3.39. The van der Waals surface area contributed by atoms with Crippen LogP contribution in [-0.2, 0) is 4.79 Å². The normalized spacial score (nSPS) is 11.3. The lowest BCUT2D eigenvalue weighted by Gasteiger charge is -2.20. The maximum Gasteiger partial charge on any atom is 0.120 e. The molecule has 0 aromatic heterocycles. The molecule has 0 bridgehead atoms. The Morgan fingerprint density at radius 3 is 2.50 bits per heavy atom. The van der Waals surface area contributed by atoms with Crippen molar-refractivity contribution in [3.8, 4) is 0 Å². The van der Waals surface area contributed by atoms with E-state index in [1.54, 1.807) is 0 Å². The van der Waals surface area contributed by atoms with Crippen LogP contribution in [0.2, 0.25) is 0 Å². The van der Waals surface area contributed by atoms with E-state index in [-0.39, 0.29) is 5.41 Å².